The molecular weight excluding hydrogens is 472 g/mol. The fraction of sp³-hybridized carbons (Fsp3) is 0.379. The molecule has 0 N–H and O–H groups in total. The fourth-order valence-electron chi connectivity index (χ4n) is 5.13. The minimum atomic E-state index is -0.899. The number of nitrogens with zero attached hydrogens (tertiary/aromatic N) is 5. The fourth-order valence-corrected chi connectivity index (χ4v) is 5.13. The van der Waals surface area contributed by atoms with Crippen LogP contribution in [-0.4, -0.2) is 62.9 Å². The van der Waals surface area contributed by atoms with Crippen LogP contribution in [0.5, 0.6) is 0 Å². The number of halogens is 2. The third kappa shape index (κ3) is 5.09. The van der Waals surface area contributed by atoms with Gasteiger partial charge >= 0.3 is 0 Å². The van der Waals surface area contributed by atoms with Gasteiger partial charge in [-0.3, -0.25) is 14.7 Å². The maximum atomic E-state index is 15.3. The van der Waals surface area contributed by atoms with Crippen LogP contribution >= 0.6 is 0 Å². The van der Waals surface area contributed by atoms with Crippen molar-refractivity contribution in [1.82, 2.24) is 24.8 Å². The number of aryl methyl sites for hydroxylation is 2. The molecular formula is C29H29F2N5O. The molecule has 8 heteroatoms. The number of carbonyl (C=O) groups is 1. The Labute approximate surface area is 215 Å². The Morgan fingerprint density at radius 1 is 1.03 bits per heavy atom. The highest BCUT2D eigenvalue weighted by molar-refractivity contribution is 5.95. The summed E-state index contributed by atoms with van der Waals surface area (Å²) in [4.78, 5) is 30.0. The molecule has 0 radical (unpaired) electrons. The van der Waals surface area contributed by atoms with E-state index in [-0.39, 0.29) is 11.6 Å². The van der Waals surface area contributed by atoms with Crippen molar-refractivity contribution in [3.05, 3.63) is 76.5 Å². The number of benzene rings is 1. The Balaban J connectivity index is 1.47. The predicted octanol–water partition coefficient (Wildman–Crippen LogP) is 4.26. The van der Waals surface area contributed by atoms with Gasteiger partial charge in [0.1, 0.15) is 23.5 Å². The average molecular weight is 502 g/mol. The SMILES string of the molecule is CCc1ccc(C#Cc2c(CC)ncnc2-c2cc(F)c(C(=O)N3CCN4CCC[C@H]4C3)c(F)c2)cn1. The van der Waals surface area contributed by atoms with Crippen LogP contribution in [0.25, 0.3) is 11.3 Å². The van der Waals surface area contributed by atoms with E-state index in [9.17, 15) is 4.79 Å². The lowest BCUT2D eigenvalue weighted by atomic mass is 10.00. The van der Waals surface area contributed by atoms with Crippen LogP contribution in [-0.2, 0) is 12.8 Å². The first-order chi connectivity index (χ1) is 18.0. The van der Waals surface area contributed by atoms with Crippen molar-refractivity contribution >= 4 is 5.91 Å². The van der Waals surface area contributed by atoms with Gasteiger partial charge < -0.3 is 4.90 Å². The van der Waals surface area contributed by atoms with Gasteiger partial charge in [0.2, 0.25) is 0 Å². The molecule has 1 atom stereocenters. The molecule has 0 unspecified atom stereocenters. The number of rotatable bonds is 4. The minimum absolute atomic E-state index is 0.216. The molecule has 0 spiro atoms. The Bertz CT molecular complexity index is 1360. The number of carbonyl (C=O) groups excluding carboxylic acids is 1. The van der Waals surface area contributed by atoms with E-state index >= 15 is 8.78 Å². The molecule has 0 bridgehead atoms. The summed E-state index contributed by atoms with van der Waals surface area (Å²) in [6.07, 6.45) is 6.56. The molecule has 37 heavy (non-hydrogen) atoms. The highest BCUT2D eigenvalue weighted by atomic mass is 19.1. The van der Waals surface area contributed by atoms with Gasteiger partial charge in [-0.25, -0.2) is 18.7 Å². The Kier molecular flexibility index (Phi) is 7.24. The van der Waals surface area contributed by atoms with Crippen LogP contribution in [0.1, 0.15) is 59.6 Å². The molecule has 5 rings (SSSR count). The predicted molar refractivity (Wildman–Crippen MR) is 137 cm³/mol. The zero-order chi connectivity index (χ0) is 25.9. The second-order valence-electron chi connectivity index (χ2n) is 9.44. The van der Waals surface area contributed by atoms with E-state index in [2.05, 4.69) is 31.7 Å². The quantitative estimate of drug-likeness (QED) is 0.500. The Hall–Kier alpha value is -3.70. The molecule has 2 saturated heterocycles. The molecule has 0 saturated carbocycles. The van der Waals surface area contributed by atoms with Gasteiger partial charge in [0.05, 0.1) is 17.0 Å². The van der Waals surface area contributed by atoms with Gasteiger partial charge in [-0.2, -0.15) is 0 Å². The van der Waals surface area contributed by atoms with Crippen molar-refractivity contribution in [2.75, 3.05) is 26.2 Å². The van der Waals surface area contributed by atoms with E-state index in [4.69, 9.17) is 0 Å². The van der Waals surface area contributed by atoms with Crippen molar-refractivity contribution in [1.29, 1.82) is 0 Å². The van der Waals surface area contributed by atoms with Crippen molar-refractivity contribution in [2.45, 2.75) is 45.6 Å². The lowest BCUT2D eigenvalue weighted by Gasteiger charge is -2.37. The largest absolute Gasteiger partial charge is 0.336 e. The van der Waals surface area contributed by atoms with Crippen LogP contribution in [0.3, 0.4) is 0 Å². The summed E-state index contributed by atoms with van der Waals surface area (Å²) in [7, 11) is 0. The lowest BCUT2D eigenvalue weighted by Crippen LogP contribution is -2.52. The highest BCUT2D eigenvalue weighted by Gasteiger charge is 2.34. The summed E-state index contributed by atoms with van der Waals surface area (Å²) in [5.41, 5.74) is 2.88. The molecule has 3 aromatic rings. The molecule has 2 aliphatic heterocycles. The minimum Gasteiger partial charge on any atom is -0.336 e. The number of aromatic nitrogens is 3. The van der Waals surface area contributed by atoms with E-state index < -0.39 is 23.1 Å². The van der Waals surface area contributed by atoms with Crippen LogP contribution in [0, 0.1) is 23.5 Å². The normalized spacial score (nSPS) is 17.3. The van der Waals surface area contributed by atoms with E-state index in [0.29, 0.717) is 36.5 Å². The molecule has 2 aromatic heterocycles. The van der Waals surface area contributed by atoms with Crippen LogP contribution < -0.4 is 0 Å². The third-order valence-electron chi connectivity index (χ3n) is 7.18. The van der Waals surface area contributed by atoms with Gasteiger partial charge in [0.15, 0.2) is 0 Å². The third-order valence-corrected chi connectivity index (χ3v) is 7.18. The Morgan fingerprint density at radius 2 is 1.84 bits per heavy atom. The van der Waals surface area contributed by atoms with Gasteiger partial charge in [0, 0.05) is 48.7 Å². The number of pyridine rings is 1. The van der Waals surface area contributed by atoms with Gasteiger partial charge in [-0.1, -0.05) is 25.7 Å². The maximum Gasteiger partial charge on any atom is 0.259 e. The van der Waals surface area contributed by atoms with E-state index in [0.717, 1.165) is 43.6 Å². The highest BCUT2D eigenvalue weighted by Crippen LogP contribution is 2.29. The zero-order valence-electron chi connectivity index (χ0n) is 21.1. The number of fused-ring (bicyclic) bond motifs is 1. The second-order valence-corrected chi connectivity index (χ2v) is 9.44. The molecule has 1 amide bonds. The molecule has 2 fully saturated rings. The number of amides is 1. The van der Waals surface area contributed by atoms with E-state index in [1.54, 1.807) is 11.1 Å². The van der Waals surface area contributed by atoms with E-state index in [1.165, 1.54) is 18.5 Å². The smallest absolute Gasteiger partial charge is 0.259 e. The van der Waals surface area contributed by atoms with Crippen LogP contribution in [0.4, 0.5) is 8.78 Å². The average Bonchev–Trinajstić information content (AvgIpc) is 3.39. The van der Waals surface area contributed by atoms with Gasteiger partial charge in [-0.15, -0.1) is 0 Å². The topological polar surface area (TPSA) is 62.2 Å². The molecule has 190 valence electrons. The first-order valence-corrected chi connectivity index (χ1v) is 12.8. The van der Waals surface area contributed by atoms with Crippen LogP contribution in [0.15, 0.2) is 36.8 Å². The Morgan fingerprint density at radius 3 is 2.54 bits per heavy atom. The first kappa shape index (κ1) is 25.0. The molecule has 4 heterocycles. The second kappa shape index (κ2) is 10.7. The summed E-state index contributed by atoms with van der Waals surface area (Å²) < 4.78 is 30.6. The van der Waals surface area contributed by atoms with Crippen molar-refractivity contribution in [3.63, 3.8) is 0 Å². The summed E-state index contributed by atoms with van der Waals surface area (Å²) in [5.74, 6) is 3.76. The van der Waals surface area contributed by atoms with Crippen molar-refractivity contribution in [2.24, 2.45) is 0 Å². The molecule has 0 aliphatic carbocycles. The van der Waals surface area contributed by atoms with Crippen LogP contribution in [0.2, 0.25) is 0 Å². The number of hydrogen-bond donors (Lipinski definition) is 0. The zero-order valence-corrected chi connectivity index (χ0v) is 21.1. The van der Waals surface area contributed by atoms with Gasteiger partial charge in [-0.05, 0) is 56.5 Å². The first-order valence-electron chi connectivity index (χ1n) is 12.8. The standard InChI is InChI=1S/C29H29F2N5O/c1-3-21-9-7-19(16-32-21)8-10-23-26(4-2)33-18-34-28(23)20-14-24(30)27(25(31)15-20)29(37)36-13-12-35-11-5-6-22(35)17-36/h7,9,14-16,18,22H,3-6,11-13,17H2,1-2H3/t22-/m0/s1. The molecule has 2 aliphatic rings. The van der Waals surface area contributed by atoms with Crippen molar-refractivity contribution in [3.8, 4) is 23.1 Å². The molecule has 6 nitrogen and oxygen atoms in total. The lowest BCUT2D eigenvalue weighted by molar-refractivity contribution is 0.0562. The number of piperazine rings is 1. The maximum absolute atomic E-state index is 15.3. The summed E-state index contributed by atoms with van der Waals surface area (Å²) in [6, 6.07) is 6.42. The monoisotopic (exact) mass is 501 g/mol. The number of hydrogen-bond acceptors (Lipinski definition) is 5. The van der Waals surface area contributed by atoms with Gasteiger partial charge in [0.25, 0.3) is 5.91 Å². The molecule has 1 aromatic carbocycles. The summed E-state index contributed by atoms with van der Waals surface area (Å²) >= 11 is 0. The van der Waals surface area contributed by atoms with Crippen molar-refractivity contribution < 1.29 is 13.6 Å². The van der Waals surface area contributed by atoms with E-state index in [1.807, 2.05) is 26.0 Å². The summed E-state index contributed by atoms with van der Waals surface area (Å²) in [5, 5.41) is 0. The summed E-state index contributed by atoms with van der Waals surface area (Å²) in [6.45, 7) is 6.68.